The molecular formula is C20H24O. The van der Waals surface area contributed by atoms with Crippen molar-refractivity contribution in [3.8, 4) is 11.5 Å². The molecule has 0 aliphatic heterocycles. The summed E-state index contributed by atoms with van der Waals surface area (Å²) >= 11 is 0. The van der Waals surface area contributed by atoms with Gasteiger partial charge in [-0.1, -0.05) is 62.4 Å². The first kappa shape index (κ1) is 14.2. The summed E-state index contributed by atoms with van der Waals surface area (Å²) in [6.45, 7) is 0. The van der Waals surface area contributed by atoms with Crippen molar-refractivity contribution >= 4 is 0 Å². The molecule has 0 heterocycles. The smallest absolute Gasteiger partial charge is 0.127 e. The van der Waals surface area contributed by atoms with Gasteiger partial charge in [0.25, 0.3) is 0 Å². The maximum absolute atomic E-state index is 5.91. The van der Waals surface area contributed by atoms with Gasteiger partial charge in [0.05, 0.1) is 0 Å². The van der Waals surface area contributed by atoms with Gasteiger partial charge in [-0.2, -0.15) is 0 Å². The van der Waals surface area contributed by atoms with Crippen LogP contribution < -0.4 is 4.74 Å². The molecule has 0 radical (unpaired) electrons. The Balaban J connectivity index is 1.57. The number of para-hydroxylation sites is 1. The van der Waals surface area contributed by atoms with Crippen LogP contribution in [0.5, 0.6) is 11.5 Å². The fraction of sp³-hybridized carbons (Fsp3) is 0.400. The molecule has 0 unspecified atom stereocenters. The Morgan fingerprint density at radius 3 is 2.38 bits per heavy atom. The standard InChI is InChI=1S/C20H24O/c1-3-8-17(9-4-1)14-15-18-10-7-13-20(16-18)21-19-11-5-2-6-12-19/h2,5-7,10-13,16-17H,1,3-4,8-9,14-15H2. The summed E-state index contributed by atoms with van der Waals surface area (Å²) in [7, 11) is 0. The SMILES string of the molecule is c1ccc(Oc2cccc(CCC3CCCCC3)c2)cc1. The van der Waals surface area contributed by atoms with E-state index in [0.717, 1.165) is 17.4 Å². The van der Waals surface area contributed by atoms with E-state index in [1.54, 1.807) is 0 Å². The number of rotatable bonds is 5. The average Bonchev–Trinajstić information content (AvgIpc) is 2.55. The fourth-order valence-electron chi connectivity index (χ4n) is 3.24. The highest BCUT2D eigenvalue weighted by molar-refractivity contribution is 5.33. The molecule has 0 N–H and O–H groups in total. The Morgan fingerprint density at radius 1 is 0.810 bits per heavy atom. The molecule has 21 heavy (non-hydrogen) atoms. The van der Waals surface area contributed by atoms with Gasteiger partial charge in [0, 0.05) is 0 Å². The number of ether oxygens (including phenoxy) is 1. The zero-order valence-electron chi connectivity index (χ0n) is 12.6. The minimum Gasteiger partial charge on any atom is -0.457 e. The quantitative estimate of drug-likeness (QED) is 0.653. The molecule has 0 amide bonds. The summed E-state index contributed by atoms with van der Waals surface area (Å²) in [5.41, 5.74) is 1.40. The van der Waals surface area contributed by atoms with Crippen molar-refractivity contribution in [2.24, 2.45) is 5.92 Å². The van der Waals surface area contributed by atoms with Gasteiger partial charge in [-0.05, 0) is 48.6 Å². The van der Waals surface area contributed by atoms with Crippen LogP contribution in [0.4, 0.5) is 0 Å². The van der Waals surface area contributed by atoms with Crippen LogP contribution in [0.3, 0.4) is 0 Å². The molecule has 0 spiro atoms. The van der Waals surface area contributed by atoms with Crippen molar-refractivity contribution in [3.05, 3.63) is 60.2 Å². The van der Waals surface area contributed by atoms with Gasteiger partial charge in [0.2, 0.25) is 0 Å². The highest BCUT2D eigenvalue weighted by atomic mass is 16.5. The third-order valence-corrected chi connectivity index (χ3v) is 4.44. The molecule has 1 fully saturated rings. The van der Waals surface area contributed by atoms with Crippen LogP contribution in [0.15, 0.2) is 54.6 Å². The van der Waals surface area contributed by atoms with Crippen molar-refractivity contribution < 1.29 is 4.74 Å². The van der Waals surface area contributed by atoms with Gasteiger partial charge >= 0.3 is 0 Å². The predicted octanol–water partition coefficient (Wildman–Crippen LogP) is 5.99. The second-order valence-electron chi connectivity index (χ2n) is 6.11. The third-order valence-electron chi connectivity index (χ3n) is 4.44. The van der Waals surface area contributed by atoms with Crippen LogP contribution in [0.1, 0.15) is 44.1 Å². The Bertz CT molecular complexity index is 541. The largest absolute Gasteiger partial charge is 0.457 e. The first-order chi connectivity index (χ1) is 10.4. The van der Waals surface area contributed by atoms with Crippen LogP contribution >= 0.6 is 0 Å². The summed E-state index contributed by atoms with van der Waals surface area (Å²) in [5, 5.41) is 0. The van der Waals surface area contributed by atoms with Gasteiger partial charge in [-0.15, -0.1) is 0 Å². The van der Waals surface area contributed by atoms with Crippen LogP contribution in [0.2, 0.25) is 0 Å². The summed E-state index contributed by atoms with van der Waals surface area (Å²) in [5.74, 6) is 2.79. The van der Waals surface area contributed by atoms with Crippen molar-refractivity contribution in [1.29, 1.82) is 0 Å². The lowest BCUT2D eigenvalue weighted by Crippen LogP contribution is -2.07. The molecule has 2 aromatic rings. The minimum atomic E-state index is 0.905. The number of benzene rings is 2. The summed E-state index contributed by atoms with van der Waals surface area (Å²) in [6.07, 6.45) is 9.67. The molecule has 2 aromatic carbocycles. The van der Waals surface area contributed by atoms with Gasteiger partial charge in [-0.3, -0.25) is 0 Å². The summed E-state index contributed by atoms with van der Waals surface area (Å²) in [6, 6.07) is 18.6. The van der Waals surface area contributed by atoms with Crippen LogP contribution in [-0.2, 0) is 6.42 Å². The van der Waals surface area contributed by atoms with Crippen molar-refractivity contribution in [1.82, 2.24) is 0 Å². The summed E-state index contributed by atoms with van der Waals surface area (Å²) < 4.78 is 5.91. The lowest BCUT2D eigenvalue weighted by atomic mass is 9.85. The van der Waals surface area contributed by atoms with Crippen LogP contribution in [0.25, 0.3) is 0 Å². The molecule has 3 rings (SSSR count). The molecular weight excluding hydrogens is 256 g/mol. The lowest BCUT2D eigenvalue weighted by molar-refractivity contribution is 0.339. The maximum atomic E-state index is 5.91. The van der Waals surface area contributed by atoms with E-state index < -0.39 is 0 Å². The average molecular weight is 280 g/mol. The van der Waals surface area contributed by atoms with E-state index in [0.29, 0.717) is 0 Å². The van der Waals surface area contributed by atoms with E-state index in [1.807, 2.05) is 36.4 Å². The molecule has 1 heteroatoms. The van der Waals surface area contributed by atoms with Crippen LogP contribution in [0, 0.1) is 5.92 Å². The number of hydrogen-bond donors (Lipinski definition) is 0. The Labute approximate surface area is 128 Å². The van der Waals surface area contributed by atoms with E-state index in [-0.39, 0.29) is 0 Å². The minimum absolute atomic E-state index is 0.905. The van der Waals surface area contributed by atoms with E-state index in [1.165, 1.54) is 50.5 Å². The first-order valence-electron chi connectivity index (χ1n) is 8.22. The molecule has 1 saturated carbocycles. The highest BCUT2D eigenvalue weighted by Gasteiger charge is 2.13. The monoisotopic (exact) mass is 280 g/mol. The van der Waals surface area contributed by atoms with Gasteiger partial charge in [0.1, 0.15) is 11.5 Å². The molecule has 0 aromatic heterocycles. The van der Waals surface area contributed by atoms with E-state index in [2.05, 4.69) is 18.2 Å². The molecule has 0 saturated heterocycles. The van der Waals surface area contributed by atoms with E-state index in [4.69, 9.17) is 4.74 Å². The topological polar surface area (TPSA) is 9.23 Å². The Kier molecular flexibility index (Phi) is 4.94. The van der Waals surface area contributed by atoms with E-state index in [9.17, 15) is 0 Å². The van der Waals surface area contributed by atoms with Crippen LogP contribution in [-0.4, -0.2) is 0 Å². The Hall–Kier alpha value is -1.76. The molecule has 110 valence electrons. The fourth-order valence-corrected chi connectivity index (χ4v) is 3.24. The first-order valence-corrected chi connectivity index (χ1v) is 8.22. The van der Waals surface area contributed by atoms with Crippen molar-refractivity contribution in [2.75, 3.05) is 0 Å². The second kappa shape index (κ2) is 7.31. The normalized spacial score (nSPS) is 15.8. The zero-order valence-corrected chi connectivity index (χ0v) is 12.6. The number of aryl methyl sites for hydroxylation is 1. The zero-order chi connectivity index (χ0) is 14.3. The van der Waals surface area contributed by atoms with Crippen molar-refractivity contribution in [3.63, 3.8) is 0 Å². The lowest BCUT2D eigenvalue weighted by Gasteiger charge is -2.21. The molecule has 0 bridgehead atoms. The predicted molar refractivity (Wildman–Crippen MR) is 87.9 cm³/mol. The Morgan fingerprint density at radius 2 is 1.57 bits per heavy atom. The van der Waals surface area contributed by atoms with Gasteiger partial charge in [-0.25, -0.2) is 0 Å². The number of hydrogen-bond acceptors (Lipinski definition) is 1. The highest BCUT2D eigenvalue weighted by Crippen LogP contribution is 2.28. The summed E-state index contributed by atoms with van der Waals surface area (Å²) in [4.78, 5) is 0. The molecule has 1 aliphatic carbocycles. The maximum Gasteiger partial charge on any atom is 0.127 e. The second-order valence-corrected chi connectivity index (χ2v) is 6.11. The molecule has 0 atom stereocenters. The van der Waals surface area contributed by atoms with Gasteiger partial charge in [0.15, 0.2) is 0 Å². The van der Waals surface area contributed by atoms with Gasteiger partial charge < -0.3 is 4.74 Å². The molecule has 1 aliphatic rings. The third kappa shape index (κ3) is 4.35. The van der Waals surface area contributed by atoms with E-state index >= 15 is 0 Å². The molecule has 1 nitrogen and oxygen atoms in total. The van der Waals surface area contributed by atoms with Crippen molar-refractivity contribution in [2.45, 2.75) is 44.9 Å².